The molecule has 0 spiro atoms. The van der Waals surface area contributed by atoms with Crippen molar-refractivity contribution < 1.29 is 106 Å². The Morgan fingerprint density at radius 3 is 0.625 bits per heavy atom. The molecule has 0 radical (unpaired) electrons. The standard InChI is InChI=1S/3C6H12O7.K.H/c3*7-1-2(8)3(9)4(10)5(11)6(12)13;;/h3*2-5,7-11H,1H2,(H,12,13);;/t3*2-,3-,4+,5-;;/m111../s1. The molecular formula is C18H37KO21. The van der Waals surface area contributed by atoms with Crippen molar-refractivity contribution in [1.29, 1.82) is 0 Å². The first-order chi connectivity index (χ1) is 17.7. The molecule has 0 heterocycles. The summed E-state index contributed by atoms with van der Waals surface area (Å²) < 4.78 is 0. The average Bonchev–Trinajstić information content (AvgIpc) is 2.92. The first-order valence-corrected chi connectivity index (χ1v) is 10.4. The van der Waals surface area contributed by atoms with Crippen LogP contribution < -0.4 is 0 Å². The zero-order valence-corrected chi connectivity index (χ0v) is 19.8. The van der Waals surface area contributed by atoms with Crippen molar-refractivity contribution in [2.75, 3.05) is 19.8 Å². The van der Waals surface area contributed by atoms with Gasteiger partial charge in [-0.15, -0.1) is 0 Å². The van der Waals surface area contributed by atoms with Gasteiger partial charge in [0.05, 0.1) is 19.8 Å². The van der Waals surface area contributed by atoms with Crippen molar-refractivity contribution in [2.45, 2.75) is 73.2 Å². The molecule has 12 atom stereocenters. The predicted molar refractivity (Wildman–Crippen MR) is 123 cm³/mol. The molecule has 236 valence electrons. The van der Waals surface area contributed by atoms with Crippen LogP contribution in [-0.2, 0) is 14.4 Å². The number of aliphatic hydroxyl groups excluding tert-OH is 15. The summed E-state index contributed by atoms with van der Waals surface area (Å²) in [6, 6.07) is 0. The van der Waals surface area contributed by atoms with Gasteiger partial charge in [-0.25, -0.2) is 14.4 Å². The van der Waals surface area contributed by atoms with Gasteiger partial charge in [0, 0.05) is 0 Å². The van der Waals surface area contributed by atoms with Gasteiger partial charge in [0.25, 0.3) is 0 Å². The van der Waals surface area contributed by atoms with Crippen LogP contribution in [0.1, 0.15) is 0 Å². The fraction of sp³-hybridized carbons (Fsp3) is 0.833. The summed E-state index contributed by atoms with van der Waals surface area (Å²) in [7, 11) is 0. The average molecular weight is 629 g/mol. The third kappa shape index (κ3) is 17.4. The quantitative estimate of drug-likeness (QED) is 0.0748. The second-order valence-electron chi connectivity index (χ2n) is 7.54. The minimum atomic E-state index is -2.20. The summed E-state index contributed by atoms with van der Waals surface area (Å²) >= 11 is 0. The zero-order chi connectivity index (χ0) is 31.8. The molecule has 0 rings (SSSR count). The van der Waals surface area contributed by atoms with E-state index in [0.717, 1.165) is 0 Å². The van der Waals surface area contributed by atoms with Crippen LogP contribution in [0.4, 0.5) is 0 Å². The van der Waals surface area contributed by atoms with Crippen molar-refractivity contribution >= 4 is 69.3 Å². The third-order valence-electron chi connectivity index (χ3n) is 4.52. The minimum absolute atomic E-state index is 0. The van der Waals surface area contributed by atoms with Crippen molar-refractivity contribution in [3.8, 4) is 0 Å². The van der Waals surface area contributed by atoms with Crippen LogP contribution >= 0.6 is 0 Å². The van der Waals surface area contributed by atoms with Gasteiger partial charge in [0.1, 0.15) is 54.9 Å². The van der Waals surface area contributed by atoms with Crippen molar-refractivity contribution in [1.82, 2.24) is 0 Å². The summed E-state index contributed by atoms with van der Waals surface area (Å²) in [6.07, 6.45) is -23.5. The Hall–Kier alpha value is -0.554. The van der Waals surface area contributed by atoms with E-state index in [-0.39, 0.29) is 51.4 Å². The first kappa shape index (κ1) is 46.4. The molecule has 0 unspecified atom stereocenters. The van der Waals surface area contributed by atoms with E-state index < -0.39 is 111 Å². The number of hydrogen-bond donors (Lipinski definition) is 18. The molecule has 0 aliphatic heterocycles. The van der Waals surface area contributed by atoms with E-state index in [1.54, 1.807) is 0 Å². The van der Waals surface area contributed by atoms with E-state index >= 15 is 0 Å². The molecule has 0 saturated heterocycles. The van der Waals surface area contributed by atoms with E-state index in [4.69, 9.17) is 91.9 Å². The number of aliphatic carboxylic acids is 3. The summed E-state index contributed by atoms with van der Waals surface area (Å²) in [5.74, 6) is -5.18. The fourth-order valence-electron chi connectivity index (χ4n) is 2.01. The van der Waals surface area contributed by atoms with Gasteiger partial charge >= 0.3 is 69.3 Å². The van der Waals surface area contributed by atoms with Crippen LogP contribution in [0, 0.1) is 0 Å². The molecule has 0 aliphatic rings. The molecule has 0 aromatic carbocycles. The second kappa shape index (κ2) is 23.9. The Kier molecular flexibility index (Phi) is 27.8. The Bertz CT molecular complexity index is 608. The summed E-state index contributed by atoms with van der Waals surface area (Å²) in [5.41, 5.74) is 0. The van der Waals surface area contributed by atoms with Crippen LogP contribution in [0.5, 0.6) is 0 Å². The van der Waals surface area contributed by atoms with E-state index in [1.165, 1.54) is 0 Å². The van der Waals surface area contributed by atoms with Crippen molar-refractivity contribution in [2.24, 2.45) is 0 Å². The normalized spacial score (nSPS) is 19.9. The SMILES string of the molecule is O=C(O)[C@H](O)[C@@H](O)[C@H](O)[C@H](O)CO.O=C(O)[C@H](O)[C@@H](O)[C@H](O)[C@H](O)CO.O=C(O)[C@H](O)[C@@H](O)[C@H](O)[C@H](O)CO.[KH]. The number of carbonyl (C=O) groups is 3. The molecule has 0 saturated carbocycles. The van der Waals surface area contributed by atoms with E-state index in [2.05, 4.69) is 0 Å². The topological polar surface area (TPSA) is 415 Å². The van der Waals surface area contributed by atoms with Crippen LogP contribution in [0.2, 0.25) is 0 Å². The Morgan fingerprint density at radius 1 is 0.375 bits per heavy atom. The summed E-state index contributed by atoms with van der Waals surface area (Å²) in [5, 5.41) is 155. The molecule has 0 amide bonds. The molecule has 0 aromatic rings. The van der Waals surface area contributed by atoms with Gasteiger partial charge < -0.3 is 91.9 Å². The molecule has 40 heavy (non-hydrogen) atoms. The monoisotopic (exact) mass is 628 g/mol. The molecule has 18 N–H and O–H groups in total. The summed E-state index contributed by atoms with van der Waals surface area (Å²) in [6.45, 7) is -2.53. The third-order valence-corrected chi connectivity index (χ3v) is 4.52. The van der Waals surface area contributed by atoms with E-state index in [9.17, 15) is 14.4 Å². The summed E-state index contributed by atoms with van der Waals surface area (Å²) in [4.78, 5) is 30.3. The Labute approximate surface area is 267 Å². The maximum absolute atomic E-state index is 10.1. The van der Waals surface area contributed by atoms with Gasteiger partial charge in [-0.3, -0.25) is 0 Å². The Balaban J connectivity index is -0.000000240. The van der Waals surface area contributed by atoms with Crippen LogP contribution in [0.25, 0.3) is 0 Å². The first-order valence-electron chi connectivity index (χ1n) is 10.4. The molecule has 0 bridgehead atoms. The van der Waals surface area contributed by atoms with Crippen LogP contribution in [-0.4, -0.2) is 254 Å². The number of hydrogen-bond acceptors (Lipinski definition) is 18. The molecular weight excluding hydrogens is 591 g/mol. The van der Waals surface area contributed by atoms with Gasteiger partial charge in [0.15, 0.2) is 18.3 Å². The van der Waals surface area contributed by atoms with Crippen LogP contribution in [0.3, 0.4) is 0 Å². The van der Waals surface area contributed by atoms with Crippen molar-refractivity contribution in [3.63, 3.8) is 0 Å². The van der Waals surface area contributed by atoms with E-state index in [0.29, 0.717) is 0 Å². The number of carboxylic acid groups (broad SMARTS) is 3. The van der Waals surface area contributed by atoms with Crippen molar-refractivity contribution in [3.05, 3.63) is 0 Å². The van der Waals surface area contributed by atoms with E-state index in [1.807, 2.05) is 0 Å². The van der Waals surface area contributed by atoms with Crippen LogP contribution in [0.15, 0.2) is 0 Å². The second-order valence-corrected chi connectivity index (χ2v) is 7.54. The molecule has 0 aromatic heterocycles. The number of aliphatic hydroxyl groups is 15. The van der Waals surface area contributed by atoms with Gasteiger partial charge in [-0.2, -0.15) is 0 Å². The van der Waals surface area contributed by atoms with Gasteiger partial charge in [0.2, 0.25) is 0 Å². The molecule has 22 heteroatoms. The predicted octanol–water partition coefficient (Wildman–Crippen LogP) is -11.1. The molecule has 0 fully saturated rings. The maximum atomic E-state index is 10.1. The molecule has 21 nitrogen and oxygen atoms in total. The fourth-order valence-corrected chi connectivity index (χ4v) is 2.01. The zero-order valence-electron chi connectivity index (χ0n) is 19.8. The number of rotatable bonds is 15. The van der Waals surface area contributed by atoms with Gasteiger partial charge in [-0.1, -0.05) is 0 Å². The van der Waals surface area contributed by atoms with Gasteiger partial charge in [-0.05, 0) is 0 Å². The molecule has 0 aliphatic carbocycles. The number of carboxylic acids is 3. The Morgan fingerprint density at radius 2 is 0.525 bits per heavy atom.